The first-order valence-corrected chi connectivity index (χ1v) is 8.50. The molecule has 5 nitrogen and oxygen atoms in total. The molecule has 1 saturated heterocycles. The van der Waals surface area contributed by atoms with Crippen molar-refractivity contribution in [3.8, 4) is 0 Å². The third-order valence-corrected chi connectivity index (χ3v) is 4.40. The lowest BCUT2D eigenvalue weighted by Gasteiger charge is -2.13. The molecule has 0 saturated carbocycles. The van der Waals surface area contributed by atoms with E-state index in [1.54, 1.807) is 35.7 Å². The second kappa shape index (κ2) is 7.39. The molecule has 0 spiro atoms. The Hall–Kier alpha value is -2.18. The van der Waals surface area contributed by atoms with Gasteiger partial charge in [0.25, 0.3) is 11.8 Å². The Morgan fingerprint density at radius 1 is 1.22 bits per heavy atom. The number of carbonyl (C=O) groups is 2. The van der Waals surface area contributed by atoms with E-state index in [1.165, 1.54) is 11.3 Å². The number of amides is 2. The van der Waals surface area contributed by atoms with E-state index in [2.05, 4.69) is 10.6 Å². The summed E-state index contributed by atoms with van der Waals surface area (Å²) in [7, 11) is 0. The summed E-state index contributed by atoms with van der Waals surface area (Å²) in [4.78, 5) is 24.5. The fourth-order valence-electron chi connectivity index (χ4n) is 2.49. The van der Waals surface area contributed by atoms with E-state index in [0.717, 1.165) is 19.4 Å². The lowest BCUT2D eigenvalue weighted by atomic mass is 10.1. The molecule has 2 heterocycles. The summed E-state index contributed by atoms with van der Waals surface area (Å²) in [6, 6.07) is 8.75. The topological polar surface area (TPSA) is 67.4 Å². The Labute approximate surface area is 138 Å². The smallest absolute Gasteiger partial charge is 0.256 e. The van der Waals surface area contributed by atoms with Gasteiger partial charge in [-0.3, -0.25) is 9.59 Å². The lowest BCUT2D eigenvalue weighted by Crippen LogP contribution is -2.32. The zero-order chi connectivity index (χ0) is 16.1. The van der Waals surface area contributed by atoms with Crippen molar-refractivity contribution in [2.45, 2.75) is 18.9 Å². The molecule has 2 amide bonds. The SMILES string of the molecule is O=C(Nc1ccccc1C(=O)NC[C@@H]1CCCO1)c1ccsc1. The highest BCUT2D eigenvalue weighted by atomic mass is 32.1. The van der Waals surface area contributed by atoms with Crippen molar-refractivity contribution in [1.29, 1.82) is 0 Å². The number of anilines is 1. The molecule has 0 unspecified atom stereocenters. The minimum absolute atomic E-state index is 0.0894. The molecule has 2 N–H and O–H groups in total. The lowest BCUT2D eigenvalue weighted by molar-refractivity contribution is 0.0858. The molecule has 6 heteroatoms. The number of ether oxygens (including phenoxy) is 1. The van der Waals surface area contributed by atoms with Gasteiger partial charge in [0.15, 0.2) is 0 Å². The fourth-order valence-corrected chi connectivity index (χ4v) is 3.12. The van der Waals surface area contributed by atoms with Crippen LogP contribution < -0.4 is 10.6 Å². The Morgan fingerprint density at radius 2 is 2.09 bits per heavy atom. The van der Waals surface area contributed by atoms with Gasteiger partial charge in [0.2, 0.25) is 0 Å². The van der Waals surface area contributed by atoms with E-state index in [-0.39, 0.29) is 17.9 Å². The van der Waals surface area contributed by atoms with Crippen LogP contribution in [0.5, 0.6) is 0 Å². The number of hydrogen-bond donors (Lipinski definition) is 2. The van der Waals surface area contributed by atoms with Crippen LogP contribution in [-0.2, 0) is 4.74 Å². The summed E-state index contributed by atoms with van der Waals surface area (Å²) >= 11 is 1.46. The molecule has 120 valence electrons. The maximum atomic E-state index is 12.4. The van der Waals surface area contributed by atoms with Crippen LogP contribution in [0.3, 0.4) is 0 Å². The minimum Gasteiger partial charge on any atom is -0.376 e. The average molecular weight is 330 g/mol. The first kappa shape index (κ1) is 15.7. The van der Waals surface area contributed by atoms with Gasteiger partial charge in [-0.15, -0.1) is 0 Å². The van der Waals surface area contributed by atoms with Crippen molar-refractivity contribution in [3.05, 3.63) is 52.2 Å². The van der Waals surface area contributed by atoms with Crippen molar-refractivity contribution < 1.29 is 14.3 Å². The summed E-state index contributed by atoms with van der Waals surface area (Å²) in [5.41, 5.74) is 1.55. The number of nitrogens with one attached hydrogen (secondary N) is 2. The molecule has 0 bridgehead atoms. The Morgan fingerprint density at radius 3 is 2.83 bits per heavy atom. The number of rotatable bonds is 5. The zero-order valence-electron chi connectivity index (χ0n) is 12.6. The predicted octanol–water partition coefficient (Wildman–Crippen LogP) is 2.91. The van der Waals surface area contributed by atoms with E-state index in [1.807, 2.05) is 5.38 Å². The van der Waals surface area contributed by atoms with Crippen LogP contribution >= 0.6 is 11.3 Å². The molecule has 23 heavy (non-hydrogen) atoms. The largest absolute Gasteiger partial charge is 0.376 e. The van der Waals surface area contributed by atoms with E-state index in [4.69, 9.17) is 4.74 Å². The molecule has 3 rings (SSSR count). The third-order valence-electron chi connectivity index (χ3n) is 3.72. The average Bonchev–Trinajstić information content (AvgIpc) is 3.26. The molecule has 1 atom stereocenters. The van der Waals surface area contributed by atoms with Gasteiger partial charge in [0.05, 0.1) is 22.9 Å². The molecule has 2 aromatic rings. The van der Waals surface area contributed by atoms with Gasteiger partial charge in [-0.05, 0) is 36.4 Å². The molecule has 1 fully saturated rings. The van der Waals surface area contributed by atoms with E-state index < -0.39 is 0 Å². The molecular weight excluding hydrogens is 312 g/mol. The van der Waals surface area contributed by atoms with Gasteiger partial charge >= 0.3 is 0 Å². The third kappa shape index (κ3) is 3.97. The Kier molecular flexibility index (Phi) is 5.05. The maximum Gasteiger partial charge on any atom is 0.256 e. The molecular formula is C17H18N2O3S. The minimum atomic E-state index is -0.217. The number of benzene rings is 1. The van der Waals surface area contributed by atoms with Crippen molar-refractivity contribution in [3.63, 3.8) is 0 Å². The van der Waals surface area contributed by atoms with E-state index >= 15 is 0 Å². The van der Waals surface area contributed by atoms with Crippen molar-refractivity contribution in [2.75, 3.05) is 18.5 Å². The van der Waals surface area contributed by atoms with Gasteiger partial charge in [-0.1, -0.05) is 12.1 Å². The quantitative estimate of drug-likeness (QED) is 0.886. The highest BCUT2D eigenvalue weighted by Crippen LogP contribution is 2.18. The normalized spacial score (nSPS) is 17.0. The van der Waals surface area contributed by atoms with E-state index in [9.17, 15) is 9.59 Å². The van der Waals surface area contributed by atoms with E-state index in [0.29, 0.717) is 23.4 Å². The van der Waals surface area contributed by atoms with Crippen LogP contribution in [0.2, 0.25) is 0 Å². The van der Waals surface area contributed by atoms with Gasteiger partial charge in [0.1, 0.15) is 0 Å². The van der Waals surface area contributed by atoms with Gasteiger partial charge in [-0.25, -0.2) is 0 Å². The predicted molar refractivity (Wildman–Crippen MR) is 90.0 cm³/mol. The molecule has 1 aliphatic rings. The van der Waals surface area contributed by atoms with Crippen LogP contribution in [0, 0.1) is 0 Å². The van der Waals surface area contributed by atoms with Crippen molar-refractivity contribution in [1.82, 2.24) is 5.32 Å². The van der Waals surface area contributed by atoms with Gasteiger partial charge in [-0.2, -0.15) is 11.3 Å². The monoisotopic (exact) mass is 330 g/mol. The first-order valence-electron chi connectivity index (χ1n) is 7.56. The first-order chi connectivity index (χ1) is 11.2. The Bertz CT molecular complexity index is 679. The molecule has 0 aliphatic carbocycles. The number of para-hydroxylation sites is 1. The van der Waals surface area contributed by atoms with Crippen molar-refractivity contribution in [2.24, 2.45) is 0 Å². The fraction of sp³-hybridized carbons (Fsp3) is 0.294. The van der Waals surface area contributed by atoms with Crippen LogP contribution in [0.15, 0.2) is 41.1 Å². The van der Waals surface area contributed by atoms with Crippen LogP contribution in [0.4, 0.5) is 5.69 Å². The standard InChI is InChI=1S/C17H18N2O3S/c20-16(12-7-9-23-11-12)19-15-6-2-1-5-14(15)17(21)18-10-13-4-3-8-22-13/h1-2,5-7,9,11,13H,3-4,8,10H2,(H,18,21)(H,19,20)/t13-/m0/s1. The van der Waals surface area contributed by atoms with Crippen LogP contribution in [-0.4, -0.2) is 31.1 Å². The summed E-state index contributed by atoms with van der Waals surface area (Å²) in [5, 5.41) is 9.29. The zero-order valence-corrected chi connectivity index (χ0v) is 13.4. The number of carbonyl (C=O) groups excluding carboxylic acids is 2. The molecule has 1 aromatic carbocycles. The summed E-state index contributed by atoms with van der Waals surface area (Å²) in [6.45, 7) is 1.25. The second-order valence-electron chi connectivity index (χ2n) is 5.36. The highest BCUT2D eigenvalue weighted by molar-refractivity contribution is 7.08. The van der Waals surface area contributed by atoms with Crippen LogP contribution in [0.1, 0.15) is 33.6 Å². The Balaban J connectivity index is 1.67. The van der Waals surface area contributed by atoms with Gasteiger partial charge < -0.3 is 15.4 Å². The second-order valence-corrected chi connectivity index (χ2v) is 6.14. The summed E-state index contributed by atoms with van der Waals surface area (Å²) in [5.74, 6) is -0.424. The summed E-state index contributed by atoms with van der Waals surface area (Å²) < 4.78 is 5.50. The molecule has 1 aliphatic heterocycles. The highest BCUT2D eigenvalue weighted by Gasteiger charge is 2.18. The summed E-state index contributed by atoms with van der Waals surface area (Å²) in [6.07, 6.45) is 2.09. The molecule has 1 aromatic heterocycles. The number of hydrogen-bond acceptors (Lipinski definition) is 4. The van der Waals surface area contributed by atoms with Crippen LogP contribution in [0.25, 0.3) is 0 Å². The van der Waals surface area contributed by atoms with Gasteiger partial charge in [0, 0.05) is 18.5 Å². The molecule has 0 radical (unpaired) electrons. The number of thiophene rings is 1. The maximum absolute atomic E-state index is 12.4. The van der Waals surface area contributed by atoms with Crippen molar-refractivity contribution >= 4 is 28.8 Å².